The van der Waals surface area contributed by atoms with Crippen LogP contribution < -0.4 is 4.90 Å². The molecule has 41 heavy (non-hydrogen) atoms. The molecular weight excluding hydrogens is 580 g/mol. The van der Waals surface area contributed by atoms with Gasteiger partial charge in [-0.25, -0.2) is 13.4 Å². The van der Waals surface area contributed by atoms with Gasteiger partial charge < -0.3 is 4.74 Å². The topological polar surface area (TPSA) is 83.1 Å². The van der Waals surface area contributed by atoms with Gasteiger partial charge in [-0.1, -0.05) is 60.2 Å². The molecule has 1 amide bonds. The Kier molecular flexibility index (Phi) is 9.69. The number of rotatable bonds is 11. The fraction of sp³-hybridized carbons (Fsp3) is 0.333. The molecule has 0 radical (unpaired) electrons. The Morgan fingerprint density at radius 1 is 1.05 bits per heavy atom. The van der Waals surface area contributed by atoms with E-state index in [-0.39, 0.29) is 17.3 Å². The fourth-order valence-electron chi connectivity index (χ4n) is 4.79. The van der Waals surface area contributed by atoms with Gasteiger partial charge in [0.15, 0.2) is 5.13 Å². The van der Waals surface area contributed by atoms with Gasteiger partial charge >= 0.3 is 0 Å². The third-order valence-corrected chi connectivity index (χ3v) is 10.3. The minimum Gasteiger partial charge on any atom is -0.379 e. The number of sulfonamides is 1. The zero-order valence-corrected chi connectivity index (χ0v) is 25.3. The Balaban J connectivity index is 1.36. The Bertz CT molecular complexity index is 1570. The summed E-state index contributed by atoms with van der Waals surface area (Å²) in [6, 6.07) is 21.2. The van der Waals surface area contributed by atoms with Gasteiger partial charge in [-0.3, -0.25) is 14.6 Å². The summed E-state index contributed by atoms with van der Waals surface area (Å²) >= 11 is 7.61. The van der Waals surface area contributed by atoms with Gasteiger partial charge in [0.1, 0.15) is 0 Å². The maximum absolute atomic E-state index is 13.8. The highest BCUT2D eigenvalue weighted by Gasteiger charge is 2.26. The van der Waals surface area contributed by atoms with Crippen LogP contribution in [0, 0.1) is 0 Å². The number of hydrogen-bond acceptors (Lipinski definition) is 7. The lowest BCUT2D eigenvalue weighted by molar-refractivity contribution is 0.0376. The van der Waals surface area contributed by atoms with Gasteiger partial charge in [0.05, 0.1) is 28.3 Å². The molecule has 0 bridgehead atoms. The number of fused-ring (bicyclic) bond motifs is 1. The fourth-order valence-corrected chi connectivity index (χ4v) is 7.49. The summed E-state index contributed by atoms with van der Waals surface area (Å²) < 4.78 is 34.6. The van der Waals surface area contributed by atoms with Crippen LogP contribution in [0.4, 0.5) is 5.13 Å². The summed E-state index contributed by atoms with van der Waals surface area (Å²) in [6.07, 6.45) is 0.764. The van der Waals surface area contributed by atoms with Crippen molar-refractivity contribution in [2.24, 2.45) is 0 Å². The molecule has 1 aromatic heterocycles. The Labute approximate surface area is 250 Å². The first-order valence-corrected chi connectivity index (χ1v) is 16.3. The van der Waals surface area contributed by atoms with Gasteiger partial charge in [-0.2, -0.15) is 4.31 Å². The van der Waals surface area contributed by atoms with Crippen molar-refractivity contribution >= 4 is 54.2 Å². The molecule has 1 aliphatic heterocycles. The quantitative estimate of drug-likeness (QED) is 0.222. The van der Waals surface area contributed by atoms with Crippen molar-refractivity contribution in [2.75, 3.05) is 50.8 Å². The van der Waals surface area contributed by atoms with Crippen LogP contribution in [0.25, 0.3) is 10.2 Å². The van der Waals surface area contributed by atoms with E-state index in [9.17, 15) is 13.2 Å². The maximum Gasteiger partial charge on any atom is 0.260 e. The van der Waals surface area contributed by atoms with Gasteiger partial charge in [-0.15, -0.1) is 0 Å². The first-order chi connectivity index (χ1) is 19.8. The lowest BCUT2D eigenvalue weighted by Crippen LogP contribution is -2.39. The van der Waals surface area contributed by atoms with Gasteiger partial charge in [0.2, 0.25) is 10.0 Å². The van der Waals surface area contributed by atoms with Crippen molar-refractivity contribution in [3.63, 3.8) is 0 Å². The van der Waals surface area contributed by atoms with Gasteiger partial charge in [0.25, 0.3) is 5.91 Å². The first kappa shape index (κ1) is 29.6. The molecule has 4 aromatic rings. The largest absolute Gasteiger partial charge is 0.379 e. The third kappa shape index (κ3) is 7.14. The molecule has 0 spiro atoms. The number of aromatic nitrogens is 1. The van der Waals surface area contributed by atoms with Crippen LogP contribution in [0.2, 0.25) is 5.02 Å². The van der Waals surface area contributed by atoms with Crippen molar-refractivity contribution in [3.8, 4) is 0 Å². The highest BCUT2D eigenvalue weighted by molar-refractivity contribution is 7.89. The number of halogens is 1. The standard InChI is InChI=1S/C30H33ClN4O4S2/c1-2-34(22-23-7-4-3-5-8-23)41(37,38)26-12-9-24(10-13-26)29(36)35(16-6-15-33-17-19-39-20-18-33)30-32-27-14-11-25(31)21-28(27)40-30/h3-5,7-14,21H,2,6,15-20,22H2,1H3. The van der Waals surface area contributed by atoms with Crippen molar-refractivity contribution in [1.82, 2.24) is 14.2 Å². The lowest BCUT2D eigenvalue weighted by Gasteiger charge is -2.27. The molecule has 0 aliphatic carbocycles. The minimum absolute atomic E-state index is 0.153. The van der Waals surface area contributed by atoms with E-state index in [4.69, 9.17) is 21.3 Å². The molecule has 216 valence electrons. The monoisotopic (exact) mass is 612 g/mol. The molecule has 8 nitrogen and oxygen atoms in total. The Morgan fingerprint density at radius 2 is 1.78 bits per heavy atom. The summed E-state index contributed by atoms with van der Waals surface area (Å²) in [4.78, 5) is 22.7. The van der Waals surface area contributed by atoms with E-state index < -0.39 is 10.0 Å². The van der Waals surface area contributed by atoms with E-state index in [0.717, 1.165) is 55.0 Å². The molecular formula is C30H33ClN4O4S2. The van der Waals surface area contributed by atoms with E-state index in [2.05, 4.69) is 4.90 Å². The summed E-state index contributed by atoms with van der Waals surface area (Å²) in [5, 5.41) is 1.20. The molecule has 2 heterocycles. The first-order valence-electron chi connectivity index (χ1n) is 13.7. The van der Waals surface area contributed by atoms with E-state index >= 15 is 0 Å². The van der Waals surface area contributed by atoms with Gasteiger partial charge in [-0.05, 0) is 54.4 Å². The normalized spacial score (nSPS) is 14.5. The molecule has 3 aromatic carbocycles. The van der Waals surface area contributed by atoms with Crippen LogP contribution >= 0.6 is 22.9 Å². The van der Waals surface area contributed by atoms with Crippen LogP contribution in [0.5, 0.6) is 0 Å². The van der Waals surface area contributed by atoms with Crippen LogP contribution in [0.3, 0.4) is 0 Å². The lowest BCUT2D eigenvalue weighted by atomic mass is 10.2. The third-order valence-electron chi connectivity index (χ3n) is 7.07. The second kappa shape index (κ2) is 13.4. The van der Waals surface area contributed by atoms with E-state index in [0.29, 0.717) is 28.8 Å². The molecule has 0 N–H and O–H groups in total. The van der Waals surface area contributed by atoms with E-state index in [1.165, 1.54) is 27.8 Å². The Hall–Kier alpha value is -2.86. The van der Waals surface area contributed by atoms with Crippen LogP contribution in [0.1, 0.15) is 29.3 Å². The summed E-state index contributed by atoms with van der Waals surface area (Å²) in [7, 11) is -3.74. The van der Waals surface area contributed by atoms with E-state index in [1.807, 2.05) is 49.4 Å². The number of thiazole rings is 1. The zero-order valence-electron chi connectivity index (χ0n) is 22.9. The summed E-state index contributed by atoms with van der Waals surface area (Å²) in [5.74, 6) is -0.224. The molecule has 1 aliphatic rings. The van der Waals surface area contributed by atoms with Crippen molar-refractivity contribution in [3.05, 3.63) is 88.9 Å². The molecule has 0 unspecified atom stereocenters. The number of anilines is 1. The number of ether oxygens (including phenoxy) is 1. The number of hydrogen-bond donors (Lipinski definition) is 0. The number of carbonyl (C=O) groups is 1. The number of morpholine rings is 1. The van der Waals surface area contributed by atoms with E-state index in [1.54, 1.807) is 23.1 Å². The Morgan fingerprint density at radius 3 is 2.49 bits per heavy atom. The van der Waals surface area contributed by atoms with Gasteiger partial charge in [0, 0.05) is 49.9 Å². The van der Waals surface area contributed by atoms with Crippen molar-refractivity contribution < 1.29 is 17.9 Å². The number of nitrogens with zero attached hydrogens (tertiary/aromatic N) is 4. The minimum atomic E-state index is -3.74. The molecule has 1 fully saturated rings. The molecule has 5 rings (SSSR count). The SMILES string of the molecule is CCN(Cc1ccccc1)S(=O)(=O)c1ccc(C(=O)N(CCCN2CCOCC2)c2nc3ccc(Cl)cc3s2)cc1. The highest BCUT2D eigenvalue weighted by atomic mass is 35.5. The smallest absolute Gasteiger partial charge is 0.260 e. The number of amides is 1. The second-order valence-corrected chi connectivity index (χ2v) is 13.2. The summed E-state index contributed by atoms with van der Waals surface area (Å²) in [6.45, 7) is 6.94. The van der Waals surface area contributed by atoms with Crippen LogP contribution in [0.15, 0.2) is 77.7 Å². The number of benzene rings is 3. The van der Waals surface area contributed by atoms with Crippen molar-refractivity contribution in [2.45, 2.75) is 24.8 Å². The molecule has 0 saturated carbocycles. The predicted molar refractivity (Wildman–Crippen MR) is 164 cm³/mol. The predicted octanol–water partition coefficient (Wildman–Crippen LogP) is 5.53. The molecule has 0 atom stereocenters. The van der Waals surface area contributed by atoms with Crippen LogP contribution in [-0.2, 0) is 21.3 Å². The van der Waals surface area contributed by atoms with Crippen LogP contribution in [-0.4, -0.2) is 74.5 Å². The number of carbonyl (C=O) groups excluding carboxylic acids is 1. The summed E-state index contributed by atoms with van der Waals surface area (Å²) in [5.41, 5.74) is 2.09. The maximum atomic E-state index is 13.8. The average Bonchev–Trinajstić information content (AvgIpc) is 3.41. The highest BCUT2D eigenvalue weighted by Crippen LogP contribution is 2.32. The average molecular weight is 613 g/mol. The van der Waals surface area contributed by atoms with Crippen molar-refractivity contribution in [1.29, 1.82) is 0 Å². The second-order valence-electron chi connectivity index (χ2n) is 9.81. The zero-order chi connectivity index (χ0) is 28.8. The molecule has 1 saturated heterocycles. The molecule has 11 heteroatoms.